The first-order chi connectivity index (χ1) is 6.79. The lowest BCUT2D eigenvalue weighted by Crippen LogP contribution is -2.34. The predicted molar refractivity (Wildman–Crippen MR) is 47.9 cm³/mol. The van der Waals surface area contributed by atoms with Gasteiger partial charge in [-0.05, 0) is 19.1 Å². The molecule has 0 amide bonds. The maximum Gasteiger partial charge on any atom is 0.418 e. The third-order valence-corrected chi connectivity index (χ3v) is 2.02. The second kappa shape index (κ2) is 3.79. The van der Waals surface area contributed by atoms with Crippen LogP contribution in [0.4, 0.5) is 13.2 Å². The van der Waals surface area contributed by atoms with Crippen LogP contribution >= 0.6 is 0 Å². The summed E-state index contributed by atoms with van der Waals surface area (Å²) in [6.45, 7) is 0.873. The minimum absolute atomic E-state index is 0.326. The van der Waals surface area contributed by atoms with Crippen molar-refractivity contribution in [1.82, 2.24) is 4.98 Å². The predicted octanol–water partition coefficient (Wildman–Crippen LogP) is 1.27. The van der Waals surface area contributed by atoms with E-state index in [9.17, 15) is 18.3 Å². The molecule has 1 atom stereocenters. The molecule has 1 heterocycles. The number of hydrogen-bond acceptors (Lipinski definition) is 3. The summed E-state index contributed by atoms with van der Waals surface area (Å²) < 4.78 is 37.6. The Balaban J connectivity index is 3.31. The Labute approximate surface area is 84.7 Å². The molecule has 1 unspecified atom stereocenters. The first-order valence-corrected chi connectivity index (χ1v) is 4.24. The van der Waals surface area contributed by atoms with E-state index in [0.29, 0.717) is 0 Å². The van der Waals surface area contributed by atoms with Gasteiger partial charge >= 0.3 is 6.18 Å². The van der Waals surface area contributed by atoms with Gasteiger partial charge in [0, 0.05) is 12.7 Å². The van der Waals surface area contributed by atoms with Crippen molar-refractivity contribution in [2.75, 3.05) is 6.54 Å². The minimum atomic E-state index is -4.54. The Morgan fingerprint density at radius 2 is 2.07 bits per heavy atom. The summed E-state index contributed by atoms with van der Waals surface area (Å²) >= 11 is 0. The molecule has 0 spiro atoms. The molecule has 0 aliphatic heterocycles. The van der Waals surface area contributed by atoms with Gasteiger partial charge in [0.15, 0.2) is 0 Å². The lowest BCUT2D eigenvalue weighted by molar-refractivity contribution is -0.140. The average molecular weight is 220 g/mol. The number of aromatic nitrogens is 1. The Morgan fingerprint density at radius 3 is 2.53 bits per heavy atom. The van der Waals surface area contributed by atoms with E-state index in [1.165, 1.54) is 19.2 Å². The number of halogens is 3. The molecular formula is C9H11F3N2O. The van der Waals surface area contributed by atoms with Gasteiger partial charge in [0.25, 0.3) is 0 Å². The number of aliphatic hydroxyl groups is 1. The van der Waals surface area contributed by atoms with E-state index in [1.807, 2.05) is 0 Å². The summed E-state index contributed by atoms with van der Waals surface area (Å²) in [6.07, 6.45) is -3.35. The van der Waals surface area contributed by atoms with E-state index in [0.717, 1.165) is 6.07 Å². The molecular weight excluding hydrogens is 209 g/mol. The lowest BCUT2D eigenvalue weighted by Gasteiger charge is -2.23. The molecule has 84 valence electrons. The van der Waals surface area contributed by atoms with Crippen molar-refractivity contribution in [2.45, 2.75) is 18.7 Å². The van der Waals surface area contributed by atoms with Gasteiger partial charge in [0.05, 0.1) is 11.3 Å². The Kier molecular flexibility index (Phi) is 3.01. The van der Waals surface area contributed by atoms with Crippen molar-refractivity contribution in [1.29, 1.82) is 0 Å². The second-order valence-electron chi connectivity index (χ2n) is 3.38. The molecule has 0 saturated carbocycles. The van der Waals surface area contributed by atoms with Gasteiger partial charge < -0.3 is 10.8 Å². The molecule has 0 aromatic carbocycles. The van der Waals surface area contributed by atoms with Crippen LogP contribution in [0, 0.1) is 0 Å². The number of nitrogens with two attached hydrogens (primary N) is 1. The molecule has 0 saturated heterocycles. The highest BCUT2D eigenvalue weighted by molar-refractivity contribution is 5.27. The van der Waals surface area contributed by atoms with E-state index in [1.54, 1.807) is 0 Å². The molecule has 15 heavy (non-hydrogen) atoms. The number of nitrogens with zero attached hydrogens (tertiary/aromatic N) is 1. The van der Waals surface area contributed by atoms with Gasteiger partial charge in [-0.25, -0.2) is 0 Å². The zero-order valence-electron chi connectivity index (χ0n) is 8.04. The number of rotatable bonds is 2. The van der Waals surface area contributed by atoms with Gasteiger partial charge in [-0.15, -0.1) is 0 Å². The zero-order valence-corrected chi connectivity index (χ0v) is 8.04. The smallest absolute Gasteiger partial charge is 0.382 e. The molecule has 0 radical (unpaired) electrons. The van der Waals surface area contributed by atoms with Crippen LogP contribution in [0.5, 0.6) is 0 Å². The largest absolute Gasteiger partial charge is 0.418 e. The normalized spacial score (nSPS) is 16.1. The lowest BCUT2D eigenvalue weighted by atomic mass is 9.97. The molecule has 1 rings (SSSR count). The molecule has 1 aromatic heterocycles. The van der Waals surface area contributed by atoms with Crippen LogP contribution in [0.2, 0.25) is 0 Å². The van der Waals surface area contributed by atoms with E-state index < -0.39 is 23.0 Å². The SMILES string of the molecule is CC(O)(CN)c1ncccc1C(F)(F)F. The van der Waals surface area contributed by atoms with Gasteiger partial charge in [0.2, 0.25) is 0 Å². The van der Waals surface area contributed by atoms with E-state index in [4.69, 9.17) is 5.73 Å². The standard InChI is InChI=1S/C9H11F3N2O/c1-8(15,5-13)7-6(9(10,11)12)3-2-4-14-7/h2-4,15H,5,13H2,1H3. The third kappa shape index (κ3) is 2.45. The Hall–Kier alpha value is -1.14. The minimum Gasteiger partial charge on any atom is -0.382 e. The molecule has 0 aliphatic rings. The molecule has 0 bridgehead atoms. The molecule has 6 heteroatoms. The van der Waals surface area contributed by atoms with Crippen LogP contribution in [0.3, 0.4) is 0 Å². The first kappa shape index (κ1) is 11.9. The maximum atomic E-state index is 12.5. The number of alkyl halides is 3. The van der Waals surface area contributed by atoms with Crippen LogP contribution in [-0.4, -0.2) is 16.6 Å². The maximum absolute atomic E-state index is 12.5. The molecule has 3 N–H and O–H groups in total. The van der Waals surface area contributed by atoms with Crippen molar-refractivity contribution in [3.63, 3.8) is 0 Å². The van der Waals surface area contributed by atoms with E-state index >= 15 is 0 Å². The fourth-order valence-corrected chi connectivity index (χ4v) is 1.16. The van der Waals surface area contributed by atoms with E-state index in [-0.39, 0.29) is 6.54 Å². The van der Waals surface area contributed by atoms with Crippen LogP contribution in [-0.2, 0) is 11.8 Å². The van der Waals surface area contributed by atoms with Crippen LogP contribution < -0.4 is 5.73 Å². The van der Waals surface area contributed by atoms with Gasteiger partial charge in [-0.3, -0.25) is 4.98 Å². The summed E-state index contributed by atoms with van der Waals surface area (Å²) in [6, 6.07) is 2.03. The zero-order chi connectivity index (χ0) is 11.7. The van der Waals surface area contributed by atoms with E-state index in [2.05, 4.69) is 4.98 Å². The van der Waals surface area contributed by atoms with Gasteiger partial charge in [-0.2, -0.15) is 13.2 Å². The van der Waals surface area contributed by atoms with Crippen molar-refractivity contribution in [2.24, 2.45) is 5.73 Å². The van der Waals surface area contributed by atoms with Crippen molar-refractivity contribution >= 4 is 0 Å². The highest BCUT2D eigenvalue weighted by atomic mass is 19.4. The number of pyridine rings is 1. The van der Waals surface area contributed by atoms with Gasteiger partial charge in [-0.1, -0.05) is 0 Å². The fourth-order valence-electron chi connectivity index (χ4n) is 1.16. The van der Waals surface area contributed by atoms with Crippen molar-refractivity contribution in [3.8, 4) is 0 Å². The van der Waals surface area contributed by atoms with Crippen LogP contribution in [0.1, 0.15) is 18.2 Å². The monoisotopic (exact) mass is 220 g/mol. The Morgan fingerprint density at radius 1 is 1.47 bits per heavy atom. The van der Waals surface area contributed by atoms with Crippen molar-refractivity contribution in [3.05, 3.63) is 29.6 Å². The summed E-state index contributed by atoms with van der Waals surface area (Å²) in [5.74, 6) is 0. The third-order valence-electron chi connectivity index (χ3n) is 2.02. The highest BCUT2D eigenvalue weighted by Gasteiger charge is 2.39. The highest BCUT2D eigenvalue weighted by Crippen LogP contribution is 2.34. The fraction of sp³-hybridized carbons (Fsp3) is 0.444. The molecule has 3 nitrogen and oxygen atoms in total. The summed E-state index contributed by atoms with van der Waals surface area (Å²) in [5, 5.41) is 9.65. The second-order valence-corrected chi connectivity index (χ2v) is 3.38. The molecule has 0 aliphatic carbocycles. The van der Waals surface area contributed by atoms with Gasteiger partial charge in [0.1, 0.15) is 5.60 Å². The molecule has 0 fully saturated rings. The molecule has 1 aromatic rings. The quantitative estimate of drug-likeness (QED) is 0.789. The van der Waals surface area contributed by atoms with Crippen LogP contribution in [0.25, 0.3) is 0 Å². The first-order valence-electron chi connectivity index (χ1n) is 4.24. The summed E-state index contributed by atoms with van der Waals surface area (Å²) in [4.78, 5) is 3.54. The number of hydrogen-bond donors (Lipinski definition) is 2. The average Bonchev–Trinajstić information content (AvgIpc) is 2.16. The summed E-state index contributed by atoms with van der Waals surface area (Å²) in [7, 11) is 0. The van der Waals surface area contributed by atoms with Crippen molar-refractivity contribution < 1.29 is 18.3 Å². The summed E-state index contributed by atoms with van der Waals surface area (Å²) in [5.41, 5.74) is 2.02. The topological polar surface area (TPSA) is 59.1 Å². The Bertz CT molecular complexity index is 349. The van der Waals surface area contributed by atoms with Crippen LogP contribution in [0.15, 0.2) is 18.3 Å².